The molecule has 34 heavy (non-hydrogen) atoms. The predicted molar refractivity (Wildman–Crippen MR) is 130 cm³/mol. The number of hydrogen-bond acceptors (Lipinski definition) is 7. The zero-order valence-electron chi connectivity index (χ0n) is 19.6. The van der Waals surface area contributed by atoms with Gasteiger partial charge in [0, 0.05) is 51.1 Å². The third-order valence-electron chi connectivity index (χ3n) is 6.53. The largest absolute Gasteiger partial charge is 0.378 e. The minimum absolute atomic E-state index is 0.0911. The summed E-state index contributed by atoms with van der Waals surface area (Å²) in [6.45, 7) is 7.43. The van der Waals surface area contributed by atoms with Gasteiger partial charge in [0.1, 0.15) is 17.4 Å². The number of fused-ring (bicyclic) bond motifs is 1. The summed E-state index contributed by atoms with van der Waals surface area (Å²) >= 11 is 0. The van der Waals surface area contributed by atoms with Crippen LogP contribution in [0.15, 0.2) is 42.6 Å². The molecule has 6 rings (SSSR count). The van der Waals surface area contributed by atoms with E-state index in [1.165, 1.54) is 5.56 Å². The maximum atomic E-state index is 6.01. The number of anilines is 1. The van der Waals surface area contributed by atoms with Gasteiger partial charge in [0.25, 0.3) is 0 Å². The second kappa shape index (κ2) is 8.83. The standard InChI is InChI=1S/C25H29N7O2/c1-17-4-3-5-18(14-17)19-6-8-32(29-19)22-15-20(31-9-12-33-13-10-31)23-25(27-22)30(2)24(28-23)21-16-26-7-11-34-21/h3-6,8,14-15,21,26H,7,9-13,16H2,1-2H3/t21-/m0/s1. The number of aromatic nitrogens is 5. The number of nitrogens with zero attached hydrogens (tertiary/aromatic N) is 6. The Kier molecular flexibility index (Phi) is 5.52. The first-order chi connectivity index (χ1) is 16.7. The number of ether oxygens (including phenoxy) is 2. The van der Waals surface area contributed by atoms with Crippen molar-refractivity contribution in [2.24, 2.45) is 7.05 Å². The van der Waals surface area contributed by atoms with E-state index in [9.17, 15) is 0 Å². The molecule has 2 fully saturated rings. The molecule has 2 saturated heterocycles. The van der Waals surface area contributed by atoms with Crippen molar-refractivity contribution in [2.75, 3.05) is 50.9 Å². The average Bonchev–Trinajstić information content (AvgIpc) is 3.50. The zero-order valence-corrected chi connectivity index (χ0v) is 19.6. The van der Waals surface area contributed by atoms with E-state index in [1.807, 2.05) is 24.0 Å². The number of aryl methyl sites for hydroxylation is 2. The van der Waals surface area contributed by atoms with Gasteiger partial charge < -0.3 is 24.3 Å². The third-order valence-corrected chi connectivity index (χ3v) is 6.53. The molecule has 176 valence electrons. The van der Waals surface area contributed by atoms with Gasteiger partial charge in [-0.3, -0.25) is 0 Å². The van der Waals surface area contributed by atoms with E-state index in [1.54, 1.807) is 0 Å². The molecule has 0 aliphatic carbocycles. The molecule has 0 amide bonds. The fraction of sp³-hybridized carbons (Fsp3) is 0.400. The highest BCUT2D eigenvalue weighted by Crippen LogP contribution is 2.31. The van der Waals surface area contributed by atoms with Gasteiger partial charge in [0.05, 0.1) is 31.2 Å². The summed E-state index contributed by atoms with van der Waals surface area (Å²) in [5.41, 5.74) is 6.01. The number of benzene rings is 1. The summed E-state index contributed by atoms with van der Waals surface area (Å²) in [7, 11) is 2.02. The van der Waals surface area contributed by atoms with Crippen LogP contribution in [-0.2, 0) is 16.5 Å². The molecule has 1 atom stereocenters. The summed E-state index contributed by atoms with van der Waals surface area (Å²) in [5.74, 6) is 1.66. The van der Waals surface area contributed by atoms with E-state index in [2.05, 4.69) is 52.0 Å². The number of pyridine rings is 1. The van der Waals surface area contributed by atoms with E-state index < -0.39 is 0 Å². The molecule has 4 aromatic rings. The highest BCUT2D eigenvalue weighted by Gasteiger charge is 2.26. The Bertz CT molecular complexity index is 1320. The van der Waals surface area contributed by atoms with Gasteiger partial charge in [-0.15, -0.1) is 0 Å². The molecule has 0 radical (unpaired) electrons. The number of hydrogen-bond donors (Lipinski definition) is 1. The summed E-state index contributed by atoms with van der Waals surface area (Å²) in [6.07, 6.45) is 1.88. The molecule has 1 aromatic carbocycles. The lowest BCUT2D eigenvalue weighted by Crippen LogP contribution is -2.36. The summed E-state index contributed by atoms with van der Waals surface area (Å²) in [5, 5.41) is 8.26. The first-order valence-electron chi connectivity index (χ1n) is 11.8. The van der Waals surface area contributed by atoms with Crippen LogP contribution in [0.4, 0.5) is 5.69 Å². The Morgan fingerprint density at radius 3 is 2.74 bits per heavy atom. The van der Waals surface area contributed by atoms with Crippen LogP contribution in [0.1, 0.15) is 17.5 Å². The van der Waals surface area contributed by atoms with Gasteiger partial charge >= 0.3 is 0 Å². The van der Waals surface area contributed by atoms with Crippen LogP contribution in [0.3, 0.4) is 0 Å². The molecule has 2 aliphatic rings. The van der Waals surface area contributed by atoms with Crippen LogP contribution in [0, 0.1) is 6.92 Å². The van der Waals surface area contributed by atoms with Crippen LogP contribution in [0.2, 0.25) is 0 Å². The molecule has 0 bridgehead atoms. The molecule has 3 aromatic heterocycles. The summed E-state index contributed by atoms with van der Waals surface area (Å²) in [6, 6.07) is 12.5. The van der Waals surface area contributed by atoms with Crippen LogP contribution >= 0.6 is 0 Å². The van der Waals surface area contributed by atoms with E-state index in [-0.39, 0.29) is 6.10 Å². The second-order valence-corrected chi connectivity index (χ2v) is 8.88. The fourth-order valence-electron chi connectivity index (χ4n) is 4.73. The molecule has 5 heterocycles. The lowest BCUT2D eigenvalue weighted by Gasteiger charge is -2.29. The second-order valence-electron chi connectivity index (χ2n) is 8.88. The van der Waals surface area contributed by atoms with Gasteiger partial charge in [-0.1, -0.05) is 23.8 Å². The lowest BCUT2D eigenvalue weighted by atomic mass is 10.1. The molecule has 0 saturated carbocycles. The molecular weight excluding hydrogens is 430 g/mol. The predicted octanol–water partition coefficient (Wildman–Crippen LogP) is 2.63. The highest BCUT2D eigenvalue weighted by molar-refractivity contribution is 5.88. The van der Waals surface area contributed by atoms with Crippen molar-refractivity contribution >= 4 is 16.9 Å². The lowest BCUT2D eigenvalue weighted by molar-refractivity contribution is 0.0208. The number of morpholine rings is 2. The van der Waals surface area contributed by atoms with Gasteiger partial charge in [-0.05, 0) is 19.1 Å². The van der Waals surface area contributed by atoms with Gasteiger partial charge in [-0.2, -0.15) is 5.10 Å². The minimum Gasteiger partial charge on any atom is -0.378 e. The van der Waals surface area contributed by atoms with Crippen LogP contribution in [-0.4, -0.2) is 70.3 Å². The molecule has 0 unspecified atom stereocenters. The van der Waals surface area contributed by atoms with Gasteiger partial charge in [0.2, 0.25) is 0 Å². The van der Waals surface area contributed by atoms with E-state index in [0.29, 0.717) is 19.8 Å². The van der Waals surface area contributed by atoms with Crippen molar-refractivity contribution in [3.05, 3.63) is 54.0 Å². The van der Waals surface area contributed by atoms with Crippen LogP contribution in [0.25, 0.3) is 28.2 Å². The average molecular weight is 460 g/mol. The first kappa shape index (κ1) is 21.3. The maximum absolute atomic E-state index is 6.01. The van der Waals surface area contributed by atoms with E-state index in [4.69, 9.17) is 24.5 Å². The summed E-state index contributed by atoms with van der Waals surface area (Å²) < 4.78 is 15.5. The van der Waals surface area contributed by atoms with Crippen molar-refractivity contribution in [3.8, 4) is 17.1 Å². The van der Waals surface area contributed by atoms with Crippen molar-refractivity contribution in [3.63, 3.8) is 0 Å². The quantitative estimate of drug-likeness (QED) is 0.502. The topological polar surface area (TPSA) is 82.3 Å². The summed E-state index contributed by atoms with van der Waals surface area (Å²) in [4.78, 5) is 12.4. The molecule has 0 spiro atoms. The Hall–Kier alpha value is -3.27. The third kappa shape index (κ3) is 3.85. The minimum atomic E-state index is -0.0911. The van der Waals surface area contributed by atoms with Crippen LogP contribution < -0.4 is 10.2 Å². The molecule has 9 heteroatoms. The number of nitrogens with one attached hydrogen (secondary N) is 1. The normalized spacial score (nSPS) is 19.1. The van der Waals surface area contributed by atoms with Gasteiger partial charge in [0.15, 0.2) is 11.5 Å². The van der Waals surface area contributed by atoms with E-state index >= 15 is 0 Å². The Labute approximate surface area is 198 Å². The fourth-order valence-corrected chi connectivity index (χ4v) is 4.73. The molecule has 2 aliphatic heterocycles. The van der Waals surface area contributed by atoms with Crippen molar-refractivity contribution in [1.29, 1.82) is 0 Å². The maximum Gasteiger partial charge on any atom is 0.164 e. The molecular formula is C25H29N7O2. The van der Waals surface area contributed by atoms with Gasteiger partial charge in [-0.25, -0.2) is 14.6 Å². The Morgan fingerprint density at radius 1 is 1.06 bits per heavy atom. The SMILES string of the molecule is Cc1cccc(-c2ccn(-c3cc(N4CCOCC4)c4nc([C@@H]5CNCCO5)n(C)c4n3)n2)c1. The van der Waals surface area contributed by atoms with E-state index in [0.717, 1.165) is 65.9 Å². The van der Waals surface area contributed by atoms with Crippen molar-refractivity contribution < 1.29 is 9.47 Å². The highest BCUT2D eigenvalue weighted by atomic mass is 16.5. The molecule has 9 nitrogen and oxygen atoms in total. The monoisotopic (exact) mass is 459 g/mol. The first-order valence-corrected chi connectivity index (χ1v) is 11.8. The number of imidazole rings is 1. The van der Waals surface area contributed by atoms with Crippen molar-refractivity contribution in [1.82, 2.24) is 29.6 Å². The Balaban J connectivity index is 1.46. The number of rotatable bonds is 4. The zero-order chi connectivity index (χ0) is 23.1. The molecule has 1 N–H and O–H groups in total. The van der Waals surface area contributed by atoms with Crippen molar-refractivity contribution in [2.45, 2.75) is 13.0 Å². The Morgan fingerprint density at radius 2 is 1.94 bits per heavy atom. The smallest absolute Gasteiger partial charge is 0.164 e. The van der Waals surface area contributed by atoms with Crippen LogP contribution in [0.5, 0.6) is 0 Å².